The van der Waals surface area contributed by atoms with Gasteiger partial charge in [0.1, 0.15) is 5.01 Å². The third-order valence-corrected chi connectivity index (χ3v) is 6.92. The van der Waals surface area contributed by atoms with E-state index in [4.69, 9.17) is 4.98 Å². The maximum Gasteiger partial charge on any atom is 0.261 e. The molecule has 4 aromatic heterocycles. The normalized spacial score (nSPS) is 15.3. The summed E-state index contributed by atoms with van der Waals surface area (Å²) in [6.45, 7) is 0.690. The van der Waals surface area contributed by atoms with Gasteiger partial charge in [0.05, 0.1) is 17.0 Å². The van der Waals surface area contributed by atoms with E-state index in [2.05, 4.69) is 21.4 Å². The fourth-order valence-corrected chi connectivity index (χ4v) is 5.24. The van der Waals surface area contributed by atoms with Crippen molar-refractivity contribution in [1.29, 1.82) is 0 Å². The number of aryl methyl sites for hydroxylation is 1. The Balaban J connectivity index is 1.65. The predicted octanol–water partition coefficient (Wildman–Crippen LogP) is 4.92. The summed E-state index contributed by atoms with van der Waals surface area (Å²) >= 11 is 1.58. The summed E-state index contributed by atoms with van der Waals surface area (Å²) in [5.74, 6) is 0.580. The van der Waals surface area contributed by atoms with Crippen LogP contribution in [-0.4, -0.2) is 19.5 Å². The van der Waals surface area contributed by atoms with Crippen molar-refractivity contribution in [3.63, 3.8) is 0 Å². The van der Waals surface area contributed by atoms with Crippen LogP contribution in [0.2, 0.25) is 0 Å². The smallest absolute Gasteiger partial charge is 0.261 e. The van der Waals surface area contributed by atoms with Gasteiger partial charge < -0.3 is 4.57 Å². The van der Waals surface area contributed by atoms with Crippen molar-refractivity contribution in [1.82, 2.24) is 19.5 Å². The molecule has 4 aromatic rings. The zero-order valence-electron chi connectivity index (χ0n) is 16.4. The summed E-state index contributed by atoms with van der Waals surface area (Å²) in [5.41, 5.74) is 7.18. The van der Waals surface area contributed by atoms with E-state index in [-0.39, 0.29) is 5.56 Å². The van der Waals surface area contributed by atoms with Crippen LogP contribution in [0.3, 0.4) is 0 Å². The Labute approximate surface area is 178 Å². The van der Waals surface area contributed by atoms with Gasteiger partial charge in [-0.15, -0.1) is 11.3 Å². The SMILES string of the molecule is O=c1c(-c2nc(C3CC3)cs2)cc(-c2ccncc2)c2n1CCCc1ccncc1-2. The average Bonchev–Trinajstić information content (AvgIpc) is 3.56. The molecule has 0 spiro atoms. The fraction of sp³-hybridized carbons (Fsp3) is 0.250. The Morgan fingerprint density at radius 2 is 1.83 bits per heavy atom. The van der Waals surface area contributed by atoms with Gasteiger partial charge in [-0.05, 0) is 61.1 Å². The largest absolute Gasteiger partial charge is 0.307 e. The number of aromatic nitrogens is 4. The molecule has 148 valence electrons. The molecule has 0 amide bonds. The van der Waals surface area contributed by atoms with Gasteiger partial charge in [0.25, 0.3) is 5.56 Å². The van der Waals surface area contributed by atoms with Crippen LogP contribution in [0.15, 0.2) is 59.2 Å². The monoisotopic (exact) mass is 412 g/mol. The minimum Gasteiger partial charge on any atom is -0.307 e. The Bertz CT molecular complexity index is 1300. The first-order valence-corrected chi connectivity index (χ1v) is 11.2. The van der Waals surface area contributed by atoms with Crippen molar-refractivity contribution in [3.05, 3.63) is 76.0 Å². The van der Waals surface area contributed by atoms with Crippen molar-refractivity contribution in [2.24, 2.45) is 0 Å². The molecule has 0 bridgehead atoms. The van der Waals surface area contributed by atoms with E-state index in [0.29, 0.717) is 18.0 Å². The van der Waals surface area contributed by atoms with Crippen LogP contribution in [-0.2, 0) is 13.0 Å². The maximum atomic E-state index is 13.7. The zero-order chi connectivity index (χ0) is 20.1. The highest BCUT2D eigenvalue weighted by molar-refractivity contribution is 7.13. The molecular weight excluding hydrogens is 392 g/mol. The molecule has 0 N–H and O–H groups in total. The quantitative estimate of drug-likeness (QED) is 0.479. The molecule has 0 unspecified atom stereocenters. The Hall–Kier alpha value is -3.12. The van der Waals surface area contributed by atoms with Crippen LogP contribution in [0.5, 0.6) is 0 Å². The summed E-state index contributed by atoms with van der Waals surface area (Å²) in [6.07, 6.45) is 11.6. The van der Waals surface area contributed by atoms with Gasteiger partial charge in [0, 0.05) is 53.8 Å². The molecular formula is C24H20N4OS. The molecule has 30 heavy (non-hydrogen) atoms. The zero-order valence-corrected chi connectivity index (χ0v) is 17.2. The van der Waals surface area contributed by atoms with Crippen LogP contribution in [0.4, 0.5) is 0 Å². The molecule has 6 rings (SSSR count). The molecule has 1 aliphatic carbocycles. The molecule has 1 saturated carbocycles. The van der Waals surface area contributed by atoms with Crippen molar-refractivity contribution >= 4 is 11.3 Å². The topological polar surface area (TPSA) is 60.7 Å². The van der Waals surface area contributed by atoms with Crippen LogP contribution < -0.4 is 5.56 Å². The van der Waals surface area contributed by atoms with Gasteiger partial charge in [-0.1, -0.05) is 0 Å². The van der Waals surface area contributed by atoms with E-state index < -0.39 is 0 Å². The fourth-order valence-electron chi connectivity index (χ4n) is 4.33. The van der Waals surface area contributed by atoms with E-state index >= 15 is 0 Å². The van der Waals surface area contributed by atoms with Crippen molar-refractivity contribution in [2.75, 3.05) is 0 Å². The molecule has 1 aliphatic heterocycles. The van der Waals surface area contributed by atoms with E-state index in [1.807, 2.05) is 35.2 Å². The summed E-state index contributed by atoms with van der Waals surface area (Å²) in [7, 11) is 0. The minimum atomic E-state index is 0.0382. The van der Waals surface area contributed by atoms with E-state index in [1.54, 1.807) is 23.7 Å². The van der Waals surface area contributed by atoms with Gasteiger partial charge in [-0.2, -0.15) is 0 Å². The first-order valence-electron chi connectivity index (χ1n) is 10.4. The van der Waals surface area contributed by atoms with Crippen molar-refractivity contribution < 1.29 is 0 Å². The second kappa shape index (κ2) is 6.99. The molecule has 0 radical (unpaired) electrons. The molecule has 1 fully saturated rings. The van der Waals surface area contributed by atoms with Crippen molar-refractivity contribution in [2.45, 2.75) is 38.1 Å². The molecule has 0 atom stereocenters. The summed E-state index contributed by atoms with van der Waals surface area (Å²) < 4.78 is 1.94. The standard InChI is InChI=1S/C24H20N4OS/c29-24-19(23-27-21(14-30-23)17-3-4-17)12-18(16-5-8-25-9-6-16)22-20-13-26-10-7-15(20)2-1-11-28(22)24/h5-10,12-14,17H,1-4,11H2. The lowest BCUT2D eigenvalue weighted by Gasteiger charge is -2.18. The van der Waals surface area contributed by atoms with Crippen LogP contribution in [0, 0.1) is 0 Å². The third-order valence-electron chi connectivity index (χ3n) is 6.02. The maximum absolute atomic E-state index is 13.7. The van der Waals surface area contributed by atoms with E-state index in [0.717, 1.165) is 45.9 Å². The molecule has 6 heteroatoms. The molecule has 2 aliphatic rings. The van der Waals surface area contributed by atoms with Crippen LogP contribution in [0.25, 0.3) is 33.0 Å². The number of fused-ring (bicyclic) bond motifs is 3. The van der Waals surface area contributed by atoms with Gasteiger partial charge >= 0.3 is 0 Å². The number of pyridine rings is 3. The Morgan fingerprint density at radius 3 is 2.67 bits per heavy atom. The number of rotatable bonds is 3. The van der Waals surface area contributed by atoms with Gasteiger partial charge in [-0.3, -0.25) is 14.8 Å². The minimum absolute atomic E-state index is 0.0382. The number of hydrogen-bond donors (Lipinski definition) is 0. The van der Waals surface area contributed by atoms with E-state index in [9.17, 15) is 4.79 Å². The Morgan fingerprint density at radius 1 is 1.00 bits per heavy atom. The first-order chi connectivity index (χ1) is 14.8. The molecule has 0 aromatic carbocycles. The van der Waals surface area contributed by atoms with Crippen LogP contribution in [0.1, 0.15) is 36.4 Å². The first kappa shape index (κ1) is 17.7. The third kappa shape index (κ3) is 2.91. The second-order valence-corrected chi connectivity index (χ2v) is 8.86. The summed E-state index contributed by atoms with van der Waals surface area (Å²) in [4.78, 5) is 27.0. The molecule has 5 heterocycles. The lowest BCUT2D eigenvalue weighted by Crippen LogP contribution is -2.24. The van der Waals surface area contributed by atoms with Gasteiger partial charge in [0.15, 0.2) is 0 Å². The highest BCUT2D eigenvalue weighted by Crippen LogP contribution is 2.42. The lowest BCUT2D eigenvalue weighted by atomic mass is 9.96. The van der Waals surface area contributed by atoms with Gasteiger partial charge in [-0.25, -0.2) is 4.98 Å². The number of thiazole rings is 1. The number of nitrogens with zero attached hydrogens (tertiary/aromatic N) is 4. The summed E-state index contributed by atoms with van der Waals surface area (Å²) in [5, 5.41) is 2.94. The Kier molecular flexibility index (Phi) is 4.13. The van der Waals surface area contributed by atoms with Crippen LogP contribution >= 0.6 is 11.3 Å². The molecule has 0 saturated heterocycles. The summed E-state index contributed by atoms with van der Waals surface area (Å²) in [6, 6.07) is 8.11. The molecule has 5 nitrogen and oxygen atoms in total. The number of hydrogen-bond acceptors (Lipinski definition) is 5. The van der Waals surface area contributed by atoms with Crippen molar-refractivity contribution in [3.8, 4) is 33.0 Å². The highest BCUT2D eigenvalue weighted by atomic mass is 32.1. The highest BCUT2D eigenvalue weighted by Gasteiger charge is 2.28. The lowest BCUT2D eigenvalue weighted by molar-refractivity contribution is 0.642. The second-order valence-electron chi connectivity index (χ2n) is 8.00. The van der Waals surface area contributed by atoms with Gasteiger partial charge in [0.2, 0.25) is 0 Å². The average molecular weight is 413 g/mol. The van der Waals surface area contributed by atoms with E-state index in [1.165, 1.54) is 18.4 Å². The predicted molar refractivity (Wildman–Crippen MR) is 119 cm³/mol.